The summed E-state index contributed by atoms with van der Waals surface area (Å²) in [5.41, 5.74) is 0.766. The van der Waals surface area contributed by atoms with Gasteiger partial charge in [0.05, 0.1) is 6.54 Å². The lowest BCUT2D eigenvalue weighted by Crippen LogP contribution is -2.49. The molecule has 7 heteroatoms. The number of rotatable bonds is 7. The minimum absolute atomic E-state index is 0.00292. The van der Waals surface area contributed by atoms with Crippen molar-refractivity contribution >= 4 is 34.8 Å². The van der Waals surface area contributed by atoms with Gasteiger partial charge in [-0.25, -0.2) is 0 Å². The molecule has 144 valence electrons. The van der Waals surface area contributed by atoms with Crippen LogP contribution in [0, 0.1) is 0 Å². The van der Waals surface area contributed by atoms with E-state index in [0.717, 1.165) is 44.2 Å². The second kappa shape index (κ2) is 9.95. The Hall–Kier alpha value is -1.79. The molecule has 0 saturated carbocycles. The van der Waals surface area contributed by atoms with Gasteiger partial charge in [0, 0.05) is 48.5 Å². The van der Waals surface area contributed by atoms with Crippen molar-refractivity contribution in [1.29, 1.82) is 0 Å². The molecule has 0 aliphatic carbocycles. The number of benzene rings is 2. The first-order valence-corrected chi connectivity index (χ1v) is 9.72. The zero-order valence-electron chi connectivity index (χ0n) is 15.0. The van der Waals surface area contributed by atoms with Gasteiger partial charge in [-0.05, 0) is 48.5 Å². The number of hydrogen-bond donors (Lipinski definition) is 1. The highest BCUT2D eigenvalue weighted by Gasteiger charge is 2.18. The summed E-state index contributed by atoms with van der Waals surface area (Å²) in [6.07, 6.45) is 0. The van der Waals surface area contributed by atoms with Gasteiger partial charge in [-0.2, -0.15) is 0 Å². The fourth-order valence-corrected chi connectivity index (χ4v) is 3.18. The number of amides is 1. The molecule has 2 aromatic carbocycles. The smallest absolute Gasteiger partial charge is 0.238 e. The Morgan fingerprint density at radius 3 is 2.07 bits per heavy atom. The normalized spacial score (nSPS) is 15.5. The first-order chi connectivity index (χ1) is 13.1. The van der Waals surface area contributed by atoms with Gasteiger partial charge in [-0.3, -0.25) is 14.6 Å². The molecule has 1 N–H and O–H groups in total. The molecule has 2 aromatic rings. The number of piperazine rings is 1. The van der Waals surface area contributed by atoms with Crippen molar-refractivity contribution < 1.29 is 9.53 Å². The van der Waals surface area contributed by atoms with Crippen LogP contribution in [0.3, 0.4) is 0 Å². The van der Waals surface area contributed by atoms with Crippen LogP contribution in [0.15, 0.2) is 48.5 Å². The van der Waals surface area contributed by atoms with Gasteiger partial charge in [-0.1, -0.05) is 23.2 Å². The molecule has 0 unspecified atom stereocenters. The van der Waals surface area contributed by atoms with Gasteiger partial charge in [0.1, 0.15) is 12.4 Å². The molecule has 0 spiro atoms. The molecule has 3 rings (SSSR count). The summed E-state index contributed by atoms with van der Waals surface area (Å²) in [7, 11) is 0. The van der Waals surface area contributed by atoms with Crippen LogP contribution in [0.5, 0.6) is 5.75 Å². The first-order valence-electron chi connectivity index (χ1n) is 8.97. The molecule has 1 aliphatic rings. The summed E-state index contributed by atoms with van der Waals surface area (Å²) in [5.74, 6) is 0.828. The van der Waals surface area contributed by atoms with Crippen LogP contribution in [0.25, 0.3) is 0 Å². The number of anilines is 1. The Morgan fingerprint density at radius 1 is 0.889 bits per heavy atom. The van der Waals surface area contributed by atoms with E-state index in [1.54, 1.807) is 24.3 Å². The molecule has 5 nitrogen and oxygen atoms in total. The van der Waals surface area contributed by atoms with Crippen LogP contribution >= 0.6 is 23.2 Å². The van der Waals surface area contributed by atoms with E-state index in [9.17, 15) is 4.79 Å². The molecule has 0 aromatic heterocycles. The molecule has 0 radical (unpaired) electrons. The molecule has 1 aliphatic heterocycles. The summed E-state index contributed by atoms with van der Waals surface area (Å²) in [6.45, 7) is 5.50. The predicted molar refractivity (Wildman–Crippen MR) is 110 cm³/mol. The van der Waals surface area contributed by atoms with E-state index in [1.807, 2.05) is 24.3 Å². The van der Waals surface area contributed by atoms with E-state index >= 15 is 0 Å². The van der Waals surface area contributed by atoms with Gasteiger partial charge in [0.25, 0.3) is 0 Å². The van der Waals surface area contributed by atoms with Gasteiger partial charge in [0.2, 0.25) is 5.91 Å². The zero-order chi connectivity index (χ0) is 19.1. The highest BCUT2D eigenvalue weighted by atomic mass is 35.5. The number of nitrogens with zero attached hydrogens (tertiary/aromatic N) is 2. The average molecular weight is 408 g/mol. The largest absolute Gasteiger partial charge is 0.492 e. The number of halogens is 2. The van der Waals surface area contributed by atoms with Crippen LogP contribution in [-0.2, 0) is 4.79 Å². The molecular formula is C20H23Cl2N3O2. The molecule has 1 amide bonds. The van der Waals surface area contributed by atoms with Crippen molar-refractivity contribution in [3.8, 4) is 5.75 Å². The van der Waals surface area contributed by atoms with Crippen LogP contribution in [0.2, 0.25) is 10.0 Å². The van der Waals surface area contributed by atoms with Crippen molar-refractivity contribution in [1.82, 2.24) is 9.80 Å². The van der Waals surface area contributed by atoms with Crippen molar-refractivity contribution in [3.05, 3.63) is 58.6 Å². The minimum Gasteiger partial charge on any atom is -0.492 e. The third-order valence-electron chi connectivity index (χ3n) is 4.45. The monoisotopic (exact) mass is 407 g/mol. The SMILES string of the molecule is O=C(CN1CCN(CCOc2ccc(Cl)cc2)CC1)Nc1ccc(Cl)cc1. The molecule has 1 heterocycles. The molecule has 1 saturated heterocycles. The molecule has 0 atom stereocenters. The predicted octanol–water partition coefficient (Wildman–Crippen LogP) is 3.63. The minimum atomic E-state index is -0.00292. The van der Waals surface area contributed by atoms with Gasteiger partial charge in [0.15, 0.2) is 0 Å². The van der Waals surface area contributed by atoms with Crippen molar-refractivity contribution in [2.75, 3.05) is 51.2 Å². The van der Waals surface area contributed by atoms with E-state index in [4.69, 9.17) is 27.9 Å². The fraction of sp³-hybridized carbons (Fsp3) is 0.350. The summed E-state index contributed by atoms with van der Waals surface area (Å²) in [4.78, 5) is 16.7. The highest BCUT2D eigenvalue weighted by Crippen LogP contribution is 2.16. The Morgan fingerprint density at radius 2 is 1.44 bits per heavy atom. The summed E-state index contributed by atoms with van der Waals surface area (Å²) < 4.78 is 5.74. The topological polar surface area (TPSA) is 44.8 Å². The Labute approximate surface area is 169 Å². The van der Waals surface area contributed by atoms with Crippen molar-refractivity contribution in [3.63, 3.8) is 0 Å². The molecule has 1 fully saturated rings. The summed E-state index contributed by atoms with van der Waals surface area (Å²) in [5, 5.41) is 4.27. The Balaban J connectivity index is 1.33. The second-order valence-electron chi connectivity index (χ2n) is 6.48. The van der Waals surface area contributed by atoms with Crippen LogP contribution in [0.4, 0.5) is 5.69 Å². The summed E-state index contributed by atoms with van der Waals surface area (Å²) in [6, 6.07) is 14.5. The number of ether oxygens (including phenoxy) is 1. The lowest BCUT2D eigenvalue weighted by Gasteiger charge is -2.34. The number of hydrogen-bond acceptors (Lipinski definition) is 4. The summed E-state index contributed by atoms with van der Waals surface area (Å²) >= 11 is 11.7. The third-order valence-corrected chi connectivity index (χ3v) is 4.95. The second-order valence-corrected chi connectivity index (χ2v) is 7.35. The van der Waals surface area contributed by atoms with Gasteiger partial charge >= 0.3 is 0 Å². The van der Waals surface area contributed by atoms with E-state index in [2.05, 4.69) is 15.1 Å². The lowest BCUT2D eigenvalue weighted by molar-refractivity contribution is -0.117. The van der Waals surface area contributed by atoms with Gasteiger partial charge in [-0.15, -0.1) is 0 Å². The third kappa shape index (κ3) is 6.70. The Kier molecular flexibility index (Phi) is 7.35. The van der Waals surface area contributed by atoms with Crippen LogP contribution < -0.4 is 10.1 Å². The molecule has 27 heavy (non-hydrogen) atoms. The maximum absolute atomic E-state index is 12.2. The van der Waals surface area contributed by atoms with Crippen molar-refractivity contribution in [2.24, 2.45) is 0 Å². The lowest BCUT2D eigenvalue weighted by atomic mass is 10.3. The quantitative estimate of drug-likeness (QED) is 0.760. The standard InChI is InChI=1S/C20H23Cl2N3O2/c21-16-1-5-18(6-2-16)23-20(26)15-25-11-9-24(10-12-25)13-14-27-19-7-3-17(22)4-8-19/h1-8H,9-15H2,(H,23,26). The Bertz CT molecular complexity index is 730. The van der Waals surface area contributed by atoms with E-state index < -0.39 is 0 Å². The van der Waals surface area contributed by atoms with E-state index in [-0.39, 0.29) is 5.91 Å². The van der Waals surface area contributed by atoms with E-state index in [0.29, 0.717) is 23.2 Å². The highest BCUT2D eigenvalue weighted by molar-refractivity contribution is 6.30. The zero-order valence-corrected chi connectivity index (χ0v) is 16.5. The fourth-order valence-electron chi connectivity index (χ4n) is 2.93. The van der Waals surface area contributed by atoms with Crippen LogP contribution in [-0.4, -0.2) is 61.6 Å². The van der Waals surface area contributed by atoms with Gasteiger partial charge < -0.3 is 10.1 Å². The number of carbonyl (C=O) groups excluding carboxylic acids is 1. The van der Waals surface area contributed by atoms with Crippen LogP contribution in [0.1, 0.15) is 0 Å². The van der Waals surface area contributed by atoms with Crippen molar-refractivity contribution in [2.45, 2.75) is 0 Å². The number of carbonyl (C=O) groups is 1. The van der Waals surface area contributed by atoms with E-state index in [1.165, 1.54) is 0 Å². The average Bonchev–Trinajstić information content (AvgIpc) is 2.67. The molecule has 0 bridgehead atoms. The number of nitrogens with one attached hydrogen (secondary N) is 1. The first kappa shape index (κ1) is 20.0. The maximum Gasteiger partial charge on any atom is 0.238 e. The molecular weight excluding hydrogens is 385 g/mol. The maximum atomic E-state index is 12.2.